The van der Waals surface area contributed by atoms with Crippen molar-refractivity contribution in [2.75, 3.05) is 30.3 Å². The fourth-order valence-corrected chi connectivity index (χ4v) is 2.95. The highest BCUT2D eigenvalue weighted by molar-refractivity contribution is 7.99. The molecule has 0 unspecified atom stereocenters. The Morgan fingerprint density at radius 2 is 1.94 bits per heavy atom. The van der Waals surface area contributed by atoms with Gasteiger partial charge in [-0.25, -0.2) is 8.42 Å². The smallest absolute Gasteiger partial charge is 0.171 e. The number of nitrogens with one attached hydrogen (secondary N) is 1. The molecule has 96 valence electrons. The van der Waals surface area contributed by atoms with Crippen LogP contribution in [-0.2, 0) is 9.84 Å². The van der Waals surface area contributed by atoms with E-state index in [9.17, 15) is 8.42 Å². The van der Waals surface area contributed by atoms with Crippen LogP contribution < -0.4 is 5.32 Å². The third kappa shape index (κ3) is 10.5. The highest BCUT2D eigenvalue weighted by Gasteiger charge is 2.03. The number of rotatable bonds is 11. The number of hydrogen-bond acceptors (Lipinski definition) is 4. The lowest BCUT2D eigenvalue weighted by atomic mass is 10.4. The van der Waals surface area contributed by atoms with Crippen LogP contribution in [0.15, 0.2) is 12.0 Å². The summed E-state index contributed by atoms with van der Waals surface area (Å²) in [5.41, 5.74) is 0. The molecular formula is C11H23NO2S2. The van der Waals surface area contributed by atoms with E-state index in [2.05, 4.69) is 18.8 Å². The monoisotopic (exact) mass is 265 g/mol. The minimum Gasteiger partial charge on any atom is -0.317 e. The van der Waals surface area contributed by atoms with E-state index in [0.29, 0.717) is 0 Å². The van der Waals surface area contributed by atoms with Crippen molar-refractivity contribution in [3.05, 3.63) is 12.0 Å². The van der Waals surface area contributed by atoms with Crippen molar-refractivity contribution >= 4 is 21.6 Å². The number of hydrogen-bond donors (Lipinski definition) is 1. The SMILES string of the molecule is C=CS(=O)(=O)CCCSCCCNCCC. The Balaban J connectivity index is 3.19. The summed E-state index contributed by atoms with van der Waals surface area (Å²) in [6, 6.07) is 0. The molecule has 0 aliphatic carbocycles. The lowest BCUT2D eigenvalue weighted by molar-refractivity contribution is 0.603. The van der Waals surface area contributed by atoms with Crippen molar-refractivity contribution in [1.82, 2.24) is 5.32 Å². The third-order valence-corrected chi connectivity index (χ3v) is 4.56. The van der Waals surface area contributed by atoms with Gasteiger partial charge in [-0.3, -0.25) is 0 Å². The van der Waals surface area contributed by atoms with E-state index in [1.165, 1.54) is 6.42 Å². The second-order valence-corrected chi connectivity index (χ2v) is 6.90. The Bertz CT molecular complexity index is 263. The molecule has 0 saturated carbocycles. The predicted octanol–water partition coefficient (Wildman–Crippen LogP) is 2.06. The third-order valence-electron chi connectivity index (χ3n) is 2.04. The lowest BCUT2D eigenvalue weighted by Gasteiger charge is -2.03. The van der Waals surface area contributed by atoms with Crippen molar-refractivity contribution in [1.29, 1.82) is 0 Å². The van der Waals surface area contributed by atoms with E-state index >= 15 is 0 Å². The largest absolute Gasteiger partial charge is 0.317 e. The standard InChI is InChI=1S/C11H23NO2S2/c1-3-7-12-8-5-9-15-10-6-11-16(13,14)4-2/h4,12H,2-3,5-11H2,1H3. The van der Waals surface area contributed by atoms with E-state index in [1.807, 2.05) is 11.8 Å². The van der Waals surface area contributed by atoms with Gasteiger partial charge >= 0.3 is 0 Å². The summed E-state index contributed by atoms with van der Waals surface area (Å²) in [5, 5.41) is 4.38. The molecule has 0 fully saturated rings. The average Bonchev–Trinajstić information content (AvgIpc) is 2.27. The molecule has 0 radical (unpaired) electrons. The molecule has 0 amide bonds. The molecule has 0 aliphatic rings. The van der Waals surface area contributed by atoms with Crippen molar-refractivity contribution in [2.45, 2.75) is 26.2 Å². The fraction of sp³-hybridized carbons (Fsp3) is 0.818. The fourth-order valence-electron chi connectivity index (χ4n) is 1.15. The maximum atomic E-state index is 11.1. The molecule has 5 heteroatoms. The summed E-state index contributed by atoms with van der Waals surface area (Å²) in [6.07, 6.45) is 3.05. The Labute approximate surface area is 104 Å². The van der Waals surface area contributed by atoms with Gasteiger partial charge in [-0.2, -0.15) is 11.8 Å². The first kappa shape index (κ1) is 16.0. The molecule has 16 heavy (non-hydrogen) atoms. The summed E-state index contributed by atoms with van der Waals surface area (Å²) in [6.45, 7) is 7.59. The zero-order valence-electron chi connectivity index (χ0n) is 10.1. The van der Waals surface area contributed by atoms with Crippen LogP contribution in [0, 0.1) is 0 Å². The molecule has 0 saturated heterocycles. The summed E-state index contributed by atoms with van der Waals surface area (Å²) >= 11 is 1.82. The van der Waals surface area contributed by atoms with Crippen molar-refractivity contribution in [3.8, 4) is 0 Å². The molecule has 0 atom stereocenters. The van der Waals surface area contributed by atoms with Crippen LogP contribution in [0.4, 0.5) is 0 Å². The molecule has 0 aromatic carbocycles. The van der Waals surface area contributed by atoms with Gasteiger partial charge in [0, 0.05) is 5.41 Å². The zero-order chi connectivity index (χ0) is 12.3. The minimum absolute atomic E-state index is 0.234. The summed E-state index contributed by atoms with van der Waals surface area (Å²) in [5.74, 6) is 2.25. The molecule has 0 aromatic rings. The molecule has 3 nitrogen and oxygen atoms in total. The van der Waals surface area contributed by atoms with Crippen LogP contribution in [0.5, 0.6) is 0 Å². The second-order valence-electron chi connectivity index (χ2n) is 3.60. The summed E-state index contributed by atoms with van der Waals surface area (Å²) in [7, 11) is -2.99. The van der Waals surface area contributed by atoms with Crippen LogP contribution in [0.25, 0.3) is 0 Å². The molecule has 0 aliphatic heterocycles. The van der Waals surface area contributed by atoms with Gasteiger partial charge in [0.1, 0.15) is 0 Å². The maximum absolute atomic E-state index is 11.1. The van der Waals surface area contributed by atoms with Crippen molar-refractivity contribution in [2.24, 2.45) is 0 Å². The van der Waals surface area contributed by atoms with Gasteiger partial charge < -0.3 is 5.32 Å². The van der Waals surface area contributed by atoms with Gasteiger partial charge in [0.25, 0.3) is 0 Å². The first-order valence-electron chi connectivity index (χ1n) is 5.76. The first-order valence-corrected chi connectivity index (χ1v) is 8.63. The van der Waals surface area contributed by atoms with Crippen LogP contribution in [-0.4, -0.2) is 38.8 Å². The Kier molecular flexibility index (Phi) is 10.2. The van der Waals surface area contributed by atoms with Crippen LogP contribution in [0.2, 0.25) is 0 Å². The van der Waals surface area contributed by atoms with Crippen molar-refractivity contribution in [3.63, 3.8) is 0 Å². The van der Waals surface area contributed by atoms with E-state index in [4.69, 9.17) is 0 Å². The van der Waals surface area contributed by atoms with Gasteiger partial charge in [-0.1, -0.05) is 13.5 Å². The van der Waals surface area contributed by atoms with E-state index in [1.54, 1.807) is 0 Å². The zero-order valence-corrected chi connectivity index (χ0v) is 11.7. The van der Waals surface area contributed by atoms with Gasteiger partial charge in [0.15, 0.2) is 9.84 Å². The first-order chi connectivity index (χ1) is 7.62. The van der Waals surface area contributed by atoms with Crippen molar-refractivity contribution < 1.29 is 8.42 Å². The van der Waals surface area contributed by atoms with Gasteiger partial charge in [0.2, 0.25) is 0 Å². The Hall–Kier alpha value is -0.0000000000000000763. The van der Waals surface area contributed by atoms with E-state index in [-0.39, 0.29) is 5.75 Å². The normalized spacial score (nSPS) is 11.6. The maximum Gasteiger partial charge on any atom is 0.171 e. The topological polar surface area (TPSA) is 46.2 Å². The van der Waals surface area contributed by atoms with Gasteiger partial charge in [-0.05, 0) is 43.9 Å². The quantitative estimate of drug-likeness (QED) is 0.581. The predicted molar refractivity (Wildman–Crippen MR) is 73.7 cm³/mol. The molecule has 0 rings (SSSR count). The van der Waals surface area contributed by atoms with E-state index in [0.717, 1.165) is 42.8 Å². The molecular weight excluding hydrogens is 242 g/mol. The van der Waals surface area contributed by atoms with Crippen LogP contribution in [0.3, 0.4) is 0 Å². The summed E-state index contributed by atoms with van der Waals surface area (Å²) < 4.78 is 22.1. The Morgan fingerprint density at radius 1 is 1.25 bits per heavy atom. The summed E-state index contributed by atoms with van der Waals surface area (Å²) in [4.78, 5) is 0. The number of sulfone groups is 1. The van der Waals surface area contributed by atoms with Crippen LogP contribution >= 0.6 is 11.8 Å². The molecule has 0 spiro atoms. The van der Waals surface area contributed by atoms with Crippen LogP contribution in [0.1, 0.15) is 26.2 Å². The molecule has 0 aromatic heterocycles. The van der Waals surface area contributed by atoms with E-state index < -0.39 is 9.84 Å². The molecule has 1 N–H and O–H groups in total. The van der Waals surface area contributed by atoms with Gasteiger partial charge in [0.05, 0.1) is 5.75 Å². The highest BCUT2D eigenvalue weighted by atomic mass is 32.2. The minimum atomic E-state index is -2.99. The molecule has 0 bridgehead atoms. The van der Waals surface area contributed by atoms with Gasteiger partial charge in [-0.15, -0.1) is 0 Å². The number of thioether (sulfide) groups is 1. The highest BCUT2D eigenvalue weighted by Crippen LogP contribution is 2.06. The molecule has 0 heterocycles. The lowest BCUT2D eigenvalue weighted by Crippen LogP contribution is -2.16. The average molecular weight is 265 g/mol. The Morgan fingerprint density at radius 3 is 2.56 bits per heavy atom. The second kappa shape index (κ2) is 10.2.